The lowest BCUT2D eigenvalue weighted by molar-refractivity contribution is 0.0465. The van der Waals surface area contributed by atoms with Crippen LogP contribution in [0.1, 0.15) is 10.4 Å². The van der Waals surface area contributed by atoms with Crippen molar-refractivity contribution in [3.63, 3.8) is 0 Å². The zero-order chi connectivity index (χ0) is 13.1. The molecule has 0 spiro atoms. The fourth-order valence-corrected chi connectivity index (χ4v) is 2.63. The van der Waals surface area contributed by atoms with E-state index in [1.54, 1.807) is 12.1 Å². The first-order valence-electron chi connectivity index (χ1n) is 5.77. The molecule has 1 aromatic carbocycles. The van der Waals surface area contributed by atoms with Gasteiger partial charge in [-0.15, -0.1) is 0 Å². The van der Waals surface area contributed by atoms with Crippen LogP contribution in [0, 0.1) is 0 Å². The highest BCUT2D eigenvalue weighted by atomic mass is 79.9. The smallest absolute Gasteiger partial charge is 0.248 e. The van der Waals surface area contributed by atoms with Crippen LogP contribution in [0.4, 0.5) is 5.69 Å². The normalized spacial score (nSPS) is 19.9. The highest BCUT2D eigenvalue weighted by molar-refractivity contribution is 9.10. The van der Waals surface area contributed by atoms with Crippen molar-refractivity contribution in [3.05, 3.63) is 28.2 Å². The Bertz CT molecular complexity index is 453. The van der Waals surface area contributed by atoms with Gasteiger partial charge in [0.15, 0.2) is 0 Å². The molecule has 98 valence electrons. The minimum absolute atomic E-state index is 0.0569. The van der Waals surface area contributed by atoms with Crippen molar-refractivity contribution in [2.75, 3.05) is 31.1 Å². The Hall–Kier alpha value is -1.11. The van der Waals surface area contributed by atoms with Gasteiger partial charge < -0.3 is 21.1 Å². The van der Waals surface area contributed by atoms with E-state index in [1.165, 1.54) is 0 Å². The second-order valence-corrected chi connectivity index (χ2v) is 5.06. The monoisotopic (exact) mass is 313 g/mol. The molecular weight excluding hydrogens is 298 g/mol. The molecule has 1 aromatic rings. The lowest BCUT2D eigenvalue weighted by atomic mass is 10.1. The van der Waals surface area contributed by atoms with Crippen molar-refractivity contribution in [1.29, 1.82) is 0 Å². The number of hydrogen-bond donors (Lipinski definition) is 2. The number of nitrogens with two attached hydrogens (primary N) is 2. The molecule has 1 aliphatic rings. The predicted octanol–water partition coefficient (Wildman–Crippen LogP) is 0.712. The first-order valence-corrected chi connectivity index (χ1v) is 6.57. The van der Waals surface area contributed by atoms with Gasteiger partial charge in [0.2, 0.25) is 5.91 Å². The maximum absolute atomic E-state index is 11.1. The summed E-state index contributed by atoms with van der Waals surface area (Å²) < 4.78 is 6.38. The van der Waals surface area contributed by atoms with E-state index in [2.05, 4.69) is 20.8 Å². The van der Waals surface area contributed by atoms with Gasteiger partial charge in [-0.3, -0.25) is 4.79 Å². The van der Waals surface area contributed by atoms with Gasteiger partial charge in [-0.1, -0.05) is 0 Å². The Balaban J connectivity index is 2.20. The van der Waals surface area contributed by atoms with Crippen LogP contribution in [-0.4, -0.2) is 38.3 Å². The Labute approximate surface area is 114 Å². The standard InChI is InChI=1S/C12H16BrN3O2/c13-10-5-8(12(15)17)1-2-11(10)16-3-4-18-9(6-14)7-16/h1-2,5,9H,3-4,6-7,14H2,(H2,15,17). The summed E-state index contributed by atoms with van der Waals surface area (Å²) >= 11 is 3.47. The molecule has 1 aliphatic heterocycles. The molecule has 0 aromatic heterocycles. The minimum atomic E-state index is -0.427. The molecule has 5 nitrogen and oxygen atoms in total. The summed E-state index contributed by atoms with van der Waals surface area (Å²) in [6.07, 6.45) is 0.0569. The molecule has 4 N–H and O–H groups in total. The van der Waals surface area contributed by atoms with Crippen LogP contribution in [0.15, 0.2) is 22.7 Å². The average molecular weight is 314 g/mol. The Morgan fingerprint density at radius 2 is 2.33 bits per heavy atom. The number of benzene rings is 1. The zero-order valence-electron chi connectivity index (χ0n) is 9.93. The zero-order valence-corrected chi connectivity index (χ0v) is 11.5. The van der Waals surface area contributed by atoms with Crippen molar-refractivity contribution in [2.24, 2.45) is 11.5 Å². The summed E-state index contributed by atoms with van der Waals surface area (Å²) in [7, 11) is 0. The first kappa shape index (κ1) is 13.3. The molecule has 1 heterocycles. The van der Waals surface area contributed by atoms with Gasteiger partial charge in [0.25, 0.3) is 0 Å². The van der Waals surface area contributed by atoms with E-state index < -0.39 is 5.91 Å². The van der Waals surface area contributed by atoms with Crippen molar-refractivity contribution in [1.82, 2.24) is 0 Å². The predicted molar refractivity (Wildman–Crippen MR) is 73.7 cm³/mol. The Kier molecular flexibility index (Phi) is 4.21. The lowest BCUT2D eigenvalue weighted by Crippen LogP contribution is -2.45. The molecule has 1 amide bonds. The summed E-state index contributed by atoms with van der Waals surface area (Å²) in [6.45, 7) is 2.73. The van der Waals surface area contributed by atoms with Crippen LogP contribution >= 0.6 is 15.9 Å². The average Bonchev–Trinajstić information content (AvgIpc) is 2.38. The van der Waals surface area contributed by atoms with E-state index in [1.807, 2.05) is 6.07 Å². The molecule has 0 radical (unpaired) electrons. The number of nitrogens with zero attached hydrogens (tertiary/aromatic N) is 1. The number of halogens is 1. The fraction of sp³-hybridized carbons (Fsp3) is 0.417. The summed E-state index contributed by atoms with van der Waals surface area (Å²) in [5, 5.41) is 0. The SMILES string of the molecule is NCC1CN(c2ccc(C(N)=O)cc2Br)CCO1. The maximum atomic E-state index is 11.1. The van der Waals surface area contributed by atoms with Crippen molar-refractivity contribution in [2.45, 2.75) is 6.10 Å². The van der Waals surface area contributed by atoms with Crippen LogP contribution in [0.25, 0.3) is 0 Å². The summed E-state index contributed by atoms with van der Waals surface area (Å²) in [5.41, 5.74) is 12.4. The molecule has 0 bridgehead atoms. The second kappa shape index (κ2) is 5.69. The number of rotatable bonds is 3. The quantitative estimate of drug-likeness (QED) is 0.861. The number of hydrogen-bond acceptors (Lipinski definition) is 4. The van der Waals surface area contributed by atoms with E-state index in [0.29, 0.717) is 18.7 Å². The molecule has 18 heavy (non-hydrogen) atoms. The number of primary amides is 1. The maximum Gasteiger partial charge on any atom is 0.248 e. The second-order valence-electron chi connectivity index (χ2n) is 4.20. The van der Waals surface area contributed by atoms with Gasteiger partial charge in [-0.2, -0.15) is 0 Å². The van der Waals surface area contributed by atoms with Crippen LogP contribution in [-0.2, 0) is 4.74 Å². The third-order valence-electron chi connectivity index (χ3n) is 2.97. The molecule has 1 saturated heterocycles. The van der Waals surface area contributed by atoms with Gasteiger partial charge in [-0.05, 0) is 34.1 Å². The largest absolute Gasteiger partial charge is 0.373 e. The lowest BCUT2D eigenvalue weighted by Gasteiger charge is -2.34. The van der Waals surface area contributed by atoms with Gasteiger partial charge >= 0.3 is 0 Å². The number of carbonyl (C=O) groups excluding carboxylic acids is 1. The molecule has 6 heteroatoms. The van der Waals surface area contributed by atoms with Crippen LogP contribution in [0.3, 0.4) is 0 Å². The minimum Gasteiger partial charge on any atom is -0.373 e. The number of amides is 1. The highest BCUT2D eigenvalue weighted by Crippen LogP contribution is 2.28. The van der Waals surface area contributed by atoms with Crippen molar-refractivity contribution >= 4 is 27.5 Å². The summed E-state index contributed by atoms with van der Waals surface area (Å²) in [4.78, 5) is 13.3. The highest BCUT2D eigenvalue weighted by Gasteiger charge is 2.21. The van der Waals surface area contributed by atoms with Gasteiger partial charge in [0.1, 0.15) is 0 Å². The molecule has 0 aliphatic carbocycles. The van der Waals surface area contributed by atoms with E-state index in [-0.39, 0.29) is 6.10 Å². The van der Waals surface area contributed by atoms with E-state index in [4.69, 9.17) is 16.2 Å². The molecule has 1 fully saturated rings. The van der Waals surface area contributed by atoms with Gasteiger partial charge in [0.05, 0.1) is 18.4 Å². The van der Waals surface area contributed by atoms with Gasteiger partial charge in [0, 0.05) is 29.7 Å². The molecule has 0 saturated carbocycles. The van der Waals surface area contributed by atoms with Crippen molar-refractivity contribution in [3.8, 4) is 0 Å². The van der Waals surface area contributed by atoms with Crippen molar-refractivity contribution < 1.29 is 9.53 Å². The van der Waals surface area contributed by atoms with E-state index in [0.717, 1.165) is 23.2 Å². The Morgan fingerprint density at radius 1 is 1.56 bits per heavy atom. The first-order chi connectivity index (χ1) is 8.61. The number of ether oxygens (including phenoxy) is 1. The van der Waals surface area contributed by atoms with E-state index >= 15 is 0 Å². The van der Waals surface area contributed by atoms with Crippen LogP contribution in [0.5, 0.6) is 0 Å². The van der Waals surface area contributed by atoms with E-state index in [9.17, 15) is 4.79 Å². The van der Waals surface area contributed by atoms with Gasteiger partial charge in [-0.25, -0.2) is 0 Å². The third kappa shape index (κ3) is 2.82. The third-order valence-corrected chi connectivity index (χ3v) is 3.61. The number of morpholine rings is 1. The molecular formula is C12H16BrN3O2. The number of carbonyl (C=O) groups is 1. The molecule has 2 rings (SSSR count). The molecule has 1 atom stereocenters. The van der Waals surface area contributed by atoms with Crippen LogP contribution in [0.2, 0.25) is 0 Å². The van der Waals surface area contributed by atoms with Crippen LogP contribution < -0.4 is 16.4 Å². The fourth-order valence-electron chi connectivity index (χ4n) is 2.00. The topological polar surface area (TPSA) is 81.6 Å². The summed E-state index contributed by atoms with van der Waals surface area (Å²) in [5.74, 6) is -0.427. The number of anilines is 1. The Morgan fingerprint density at radius 3 is 2.94 bits per heavy atom. The molecule has 1 unspecified atom stereocenters. The summed E-state index contributed by atoms with van der Waals surface area (Å²) in [6, 6.07) is 5.36.